The molecule has 0 aliphatic carbocycles. The van der Waals surface area contributed by atoms with Gasteiger partial charge in [-0.25, -0.2) is 0 Å². The number of rotatable bonds is 3. The third-order valence-electron chi connectivity index (χ3n) is 3.31. The fourth-order valence-electron chi connectivity index (χ4n) is 3.04. The summed E-state index contributed by atoms with van der Waals surface area (Å²) in [5.74, 6) is -0.110. The Labute approximate surface area is 126 Å². The smallest absolute Gasteiger partial charge is 0.270 e. The second-order valence-electron chi connectivity index (χ2n) is 7.46. The normalized spacial score (nSPS) is 12.4. The average molecular weight is 284 g/mol. The van der Waals surface area contributed by atoms with E-state index in [1.165, 1.54) is 0 Å². The second kappa shape index (κ2) is 5.47. The molecule has 0 saturated heterocycles. The Morgan fingerprint density at radius 2 is 1.76 bits per heavy atom. The predicted molar refractivity (Wildman–Crippen MR) is 87.4 cm³/mol. The van der Waals surface area contributed by atoms with Gasteiger partial charge in [0.2, 0.25) is 0 Å². The first-order chi connectivity index (χ1) is 9.68. The molecule has 1 aromatic heterocycles. The average Bonchev–Trinajstić information content (AvgIpc) is 2.34. The number of fused-ring (bicyclic) bond motifs is 1. The lowest BCUT2D eigenvalue weighted by Crippen LogP contribution is -2.46. The van der Waals surface area contributed by atoms with Gasteiger partial charge < -0.3 is 5.32 Å². The van der Waals surface area contributed by atoms with Gasteiger partial charge in [0.25, 0.3) is 5.91 Å². The highest BCUT2D eigenvalue weighted by atomic mass is 16.2. The molecule has 1 aromatic carbocycles. The molecule has 112 valence electrons. The Morgan fingerprint density at radius 1 is 1.10 bits per heavy atom. The molecule has 0 atom stereocenters. The Hall–Kier alpha value is -1.90. The fourth-order valence-corrected chi connectivity index (χ4v) is 3.04. The first kappa shape index (κ1) is 15.5. The summed E-state index contributed by atoms with van der Waals surface area (Å²) < 4.78 is 0. The van der Waals surface area contributed by atoms with Crippen LogP contribution in [-0.4, -0.2) is 16.4 Å². The Kier molecular flexibility index (Phi) is 4.04. The molecule has 1 heterocycles. The molecule has 21 heavy (non-hydrogen) atoms. The van der Waals surface area contributed by atoms with Crippen LogP contribution in [0.5, 0.6) is 0 Å². The van der Waals surface area contributed by atoms with E-state index in [1.54, 1.807) is 6.20 Å². The number of pyridine rings is 1. The van der Waals surface area contributed by atoms with Gasteiger partial charge in [-0.05, 0) is 37.1 Å². The molecule has 1 N–H and O–H groups in total. The summed E-state index contributed by atoms with van der Waals surface area (Å²) >= 11 is 0. The van der Waals surface area contributed by atoms with Crippen LogP contribution in [0.15, 0.2) is 36.5 Å². The summed E-state index contributed by atoms with van der Waals surface area (Å²) in [6.45, 7) is 10.6. The minimum absolute atomic E-state index is 0.110. The summed E-state index contributed by atoms with van der Waals surface area (Å²) in [6.07, 6.45) is 2.59. The summed E-state index contributed by atoms with van der Waals surface area (Å²) in [5, 5.41) is 5.05. The zero-order valence-corrected chi connectivity index (χ0v) is 13.5. The summed E-state index contributed by atoms with van der Waals surface area (Å²) in [6, 6.07) is 9.75. The van der Waals surface area contributed by atoms with Gasteiger partial charge in [-0.1, -0.05) is 45.0 Å². The van der Waals surface area contributed by atoms with Gasteiger partial charge in [-0.3, -0.25) is 9.78 Å². The van der Waals surface area contributed by atoms with Crippen molar-refractivity contribution in [1.82, 2.24) is 10.3 Å². The molecular weight excluding hydrogens is 260 g/mol. The first-order valence-corrected chi connectivity index (χ1v) is 7.34. The van der Waals surface area contributed by atoms with Crippen molar-refractivity contribution in [3.05, 3.63) is 42.2 Å². The maximum Gasteiger partial charge on any atom is 0.270 e. The SMILES string of the molecule is CC(C)(C)CC(C)(C)NC(=O)c1nccc2ccccc12. The third kappa shape index (κ3) is 4.03. The van der Waals surface area contributed by atoms with Crippen molar-refractivity contribution in [2.75, 3.05) is 0 Å². The van der Waals surface area contributed by atoms with Crippen LogP contribution in [0.4, 0.5) is 0 Å². The van der Waals surface area contributed by atoms with Gasteiger partial charge in [0.1, 0.15) is 5.69 Å². The number of carbonyl (C=O) groups is 1. The molecular formula is C18H24N2O. The highest BCUT2D eigenvalue weighted by molar-refractivity contribution is 6.05. The maximum atomic E-state index is 12.6. The molecule has 0 saturated carbocycles. The Morgan fingerprint density at radius 3 is 2.43 bits per heavy atom. The number of hydrogen-bond acceptors (Lipinski definition) is 2. The van der Waals surface area contributed by atoms with Crippen LogP contribution < -0.4 is 5.32 Å². The van der Waals surface area contributed by atoms with Crippen LogP contribution >= 0.6 is 0 Å². The molecule has 1 amide bonds. The molecule has 3 nitrogen and oxygen atoms in total. The largest absolute Gasteiger partial charge is 0.346 e. The zero-order valence-electron chi connectivity index (χ0n) is 13.5. The van der Waals surface area contributed by atoms with E-state index in [1.807, 2.05) is 30.3 Å². The van der Waals surface area contributed by atoms with Gasteiger partial charge in [0.05, 0.1) is 0 Å². The predicted octanol–water partition coefficient (Wildman–Crippen LogP) is 4.18. The van der Waals surface area contributed by atoms with Gasteiger partial charge in [-0.2, -0.15) is 0 Å². The van der Waals surface area contributed by atoms with Crippen molar-refractivity contribution in [1.29, 1.82) is 0 Å². The molecule has 0 spiro atoms. The van der Waals surface area contributed by atoms with Crippen molar-refractivity contribution in [3.63, 3.8) is 0 Å². The van der Waals surface area contributed by atoms with E-state index in [0.717, 1.165) is 17.2 Å². The van der Waals surface area contributed by atoms with Crippen molar-refractivity contribution >= 4 is 16.7 Å². The molecule has 0 unspecified atom stereocenters. The Bertz CT molecular complexity index is 648. The minimum Gasteiger partial charge on any atom is -0.346 e. The maximum absolute atomic E-state index is 12.6. The highest BCUT2D eigenvalue weighted by Gasteiger charge is 2.28. The van der Waals surface area contributed by atoms with E-state index in [-0.39, 0.29) is 16.9 Å². The van der Waals surface area contributed by atoms with Gasteiger partial charge in [0.15, 0.2) is 0 Å². The van der Waals surface area contributed by atoms with Gasteiger partial charge in [-0.15, -0.1) is 0 Å². The van der Waals surface area contributed by atoms with Crippen LogP contribution in [0.3, 0.4) is 0 Å². The van der Waals surface area contributed by atoms with Crippen LogP contribution in [0.2, 0.25) is 0 Å². The number of nitrogens with zero attached hydrogens (tertiary/aromatic N) is 1. The minimum atomic E-state index is -0.270. The van der Waals surface area contributed by atoms with E-state index in [9.17, 15) is 4.79 Å². The topological polar surface area (TPSA) is 42.0 Å². The lowest BCUT2D eigenvalue weighted by atomic mass is 9.81. The molecule has 0 bridgehead atoms. The van der Waals surface area contributed by atoms with E-state index in [4.69, 9.17) is 0 Å². The van der Waals surface area contributed by atoms with Crippen molar-refractivity contribution < 1.29 is 4.79 Å². The highest BCUT2D eigenvalue weighted by Crippen LogP contribution is 2.27. The molecule has 0 radical (unpaired) electrons. The molecule has 2 rings (SSSR count). The van der Waals surface area contributed by atoms with E-state index in [0.29, 0.717) is 5.69 Å². The monoisotopic (exact) mass is 284 g/mol. The summed E-state index contributed by atoms with van der Waals surface area (Å²) in [7, 11) is 0. The molecule has 2 aromatic rings. The number of carbonyl (C=O) groups excluding carboxylic acids is 1. The number of nitrogens with one attached hydrogen (secondary N) is 1. The van der Waals surface area contributed by atoms with Crippen LogP contribution in [0.1, 0.15) is 51.5 Å². The van der Waals surface area contributed by atoms with E-state index in [2.05, 4.69) is 44.9 Å². The van der Waals surface area contributed by atoms with Crippen LogP contribution in [0, 0.1) is 5.41 Å². The van der Waals surface area contributed by atoms with Gasteiger partial charge >= 0.3 is 0 Å². The van der Waals surface area contributed by atoms with Crippen LogP contribution in [0.25, 0.3) is 10.8 Å². The molecule has 3 heteroatoms. The quantitative estimate of drug-likeness (QED) is 0.918. The number of aromatic nitrogens is 1. The standard InChI is InChI=1S/C18H24N2O/c1-17(2,3)12-18(4,5)20-16(21)15-14-9-7-6-8-13(14)10-11-19-15/h6-11H,12H2,1-5H3,(H,20,21). The lowest BCUT2D eigenvalue weighted by Gasteiger charge is -2.33. The van der Waals surface area contributed by atoms with Crippen molar-refractivity contribution in [3.8, 4) is 0 Å². The number of amides is 1. The lowest BCUT2D eigenvalue weighted by molar-refractivity contribution is 0.0888. The molecule has 0 aliphatic heterocycles. The zero-order chi connectivity index (χ0) is 15.7. The summed E-state index contributed by atoms with van der Waals surface area (Å²) in [4.78, 5) is 16.9. The second-order valence-corrected chi connectivity index (χ2v) is 7.46. The molecule has 0 fully saturated rings. The number of benzene rings is 1. The Balaban J connectivity index is 2.27. The van der Waals surface area contributed by atoms with E-state index < -0.39 is 0 Å². The summed E-state index contributed by atoms with van der Waals surface area (Å²) in [5.41, 5.74) is 0.381. The van der Waals surface area contributed by atoms with Crippen molar-refractivity contribution in [2.45, 2.75) is 46.6 Å². The van der Waals surface area contributed by atoms with Crippen molar-refractivity contribution in [2.24, 2.45) is 5.41 Å². The fraction of sp³-hybridized carbons (Fsp3) is 0.444. The van der Waals surface area contributed by atoms with Crippen LogP contribution in [-0.2, 0) is 0 Å². The van der Waals surface area contributed by atoms with Gasteiger partial charge in [0, 0.05) is 17.1 Å². The third-order valence-corrected chi connectivity index (χ3v) is 3.31. The number of hydrogen-bond donors (Lipinski definition) is 1. The molecule has 0 aliphatic rings. The first-order valence-electron chi connectivity index (χ1n) is 7.34. The van der Waals surface area contributed by atoms with E-state index >= 15 is 0 Å².